The highest BCUT2D eigenvalue weighted by Gasteiger charge is 2.08. The fourth-order valence-corrected chi connectivity index (χ4v) is 1.96. The maximum absolute atomic E-state index is 11.6. The molecule has 0 saturated heterocycles. The molecule has 3 heteroatoms. The Morgan fingerprint density at radius 2 is 1.74 bits per heavy atom. The summed E-state index contributed by atoms with van der Waals surface area (Å²) in [6.07, 6.45) is 3.88. The van der Waals surface area contributed by atoms with E-state index in [4.69, 9.17) is 4.74 Å². The molecule has 0 bridgehead atoms. The van der Waals surface area contributed by atoms with Gasteiger partial charge in [0, 0.05) is 4.47 Å². The Bertz CT molecular complexity index is 600. The lowest BCUT2D eigenvalue weighted by Crippen LogP contribution is -2.02. The van der Waals surface area contributed by atoms with Crippen LogP contribution in [0.3, 0.4) is 0 Å². The quantitative estimate of drug-likeness (QED) is 0.619. The van der Waals surface area contributed by atoms with Crippen molar-refractivity contribution in [2.75, 3.05) is 7.11 Å². The molecule has 19 heavy (non-hydrogen) atoms. The lowest BCUT2D eigenvalue weighted by atomic mass is 10.1. The first kappa shape index (κ1) is 13.6. The zero-order valence-corrected chi connectivity index (χ0v) is 12.1. The monoisotopic (exact) mass is 316 g/mol. The molecule has 0 atom stereocenters. The topological polar surface area (TPSA) is 26.3 Å². The number of methoxy groups -OCH3 is 1. The van der Waals surface area contributed by atoms with E-state index in [0.29, 0.717) is 5.56 Å². The number of rotatable bonds is 3. The van der Waals surface area contributed by atoms with Crippen molar-refractivity contribution in [3.05, 3.63) is 69.7 Å². The molecule has 0 aliphatic rings. The van der Waals surface area contributed by atoms with E-state index >= 15 is 0 Å². The summed E-state index contributed by atoms with van der Waals surface area (Å²) in [5.74, 6) is -0.323. The van der Waals surface area contributed by atoms with Crippen LogP contribution in [0.5, 0.6) is 0 Å². The van der Waals surface area contributed by atoms with Crippen LogP contribution >= 0.6 is 15.9 Å². The van der Waals surface area contributed by atoms with E-state index in [9.17, 15) is 4.79 Å². The van der Waals surface area contributed by atoms with Gasteiger partial charge in [-0.05, 0) is 29.3 Å². The summed E-state index contributed by atoms with van der Waals surface area (Å²) in [5, 5.41) is 0. The van der Waals surface area contributed by atoms with E-state index in [1.807, 2.05) is 54.6 Å². The molecule has 0 aliphatic heterocycles. The van der Waals surface area contributed by atoms with Crippen molar-refractivity contribution in [3.63, 3.8) is 0 Å². The molecule has 0 spiro atoms. The average Bonchev–Trinajstić information content (AvgIpc) is 2.46. The van der Waals surface area contributed by atoms with Gasteiger partial charge in [0.15, 0.2) is 0 Å². The molecule has 0 radical (unpaired) electrons. The number of ether oxygens (including phenoxy) is 1. The Labute approximate surface area is 120 Å². The van der Waals surface area contributed by atoms with E-state index in [1.54, 1.807) is 6.07 Å². The lowest BCUT2D eigenvalue weighted by Gasteiger charge is -2.03. The summed E-state index contributed by atoms with van der Waals surface area (Å²) in [6.45, 7) is 0. The van der Waals surface area contributed by atoms with Gasteiger partial charge in [-0.3, -0.25) is 0 Å². The molecule has 0 fully saturated rings. The average molecular weight is 317 g/mol. The Morgan fingerprint density at radius 3 is 2.42 bits per heavy atom. The second-order valence-corrected chi connectivity index (χ2v) is 4.88. The zero-order valence-electron chi connectivity index (χ0n) is 10.5. The molecule has 0 aromatic heterocycles. The standard InChI is InChI=1S/C16H13BrO2/c1-19-16(18)15-5-3-2-4-13(15)9-6-12-7-10-14(17)11-8-12/h2-11H,1H3/b9-6-. The third-order valence-electron chi connectivity index (χ3n) is 2.69. The van der Waals surface area contributed by atoms with Crippen molar-refractivity contribution in [2.45, 2.75) is 0 Å². The van der Waals surface area contributed by atoms with Crippen molar-refractivity contribution < 1.29 is 9.53 Å². The SMILES string of the molecule is COC(=O)c1ccccc1/C=C\c1ccc(Br)cc1. The number of hydrogen-bond donors (Lipinski definition) is 0. The van der Waals surface area contributed by atoms with Crippen LogP contribution in [-0.2, 0) is 4.74 Å². The Balaban J connectivity index is 2.28. The zero-order chi connectivity index (χ0) is 13.7. The highest BCUT2D eigenvalue weighted by atomic mass is 79.9. The van der Waals surface area contributed by atoms with Gasteiger partial charge in [-0.2, -0.15) is 0 Å². The van der Waals surface area contributed by atoms with Crippen LogP contribution < -0.4 is 0 Å². The molecule has 0 aliphatic carbocycles. The van der Waals surface area contributed by atoms with E-state index in [0.717, 1.165) is 15.6 Å². The van der Waals surface area contributed by atoms with Crippen LogP contribution in [-0.4, -0.2) is 13.1 Å². The first-order valence-electron chi connectivity index (χ1n) is 5.81. The van der Waals surface area contributed by atoms with Crippen LogP contribution in [0.25, 0.3) is 12.2 Å². The predicted octanol–water partition coefficient (Wildman–Crippen LogP) is 4.41. The number of carbonyl (C=O) groups is 1. The second-order valence-electron chi connectivity index (χ2n) is 3.96. The summed E-state index contributed by atoms with van der Waals surface area (Å²) in [4.78, 5) is 11.6. The van der Waals surface area contributed by atoms with Gasteiger partial charge in [0.1, 0.15) is 0 Å². The predicted molar refractivity (Wildman–Crippen MR) is 80.9 cm³/mol. The maximum atomic E-state index is 11.6. The molecule has 0 unspecified atom stereocenters. The number of esters is 1. The van der Waals surface area contributed by atoms with Crippen LogP contribution in [0, 0.1) is 0 Å². The summed E-state index contributed by atoms with van der Waals surface area (Å²) < 4.78 is 5.81. The molecule has 0 heterocycles. The third-order valence-corrected chi connectivity index (χ3v) is 3.22. The van der Waals surface area contributed by atoms with Gasteiger partial charge < -0.3 is 4.74 Å². The van der Waals surface area contributed by atoms with Crippen LogP contribution in [0.2, 0.25) is 0 Å². The number of carbonyl (C=O) groups excluding carboxylic acids is 1. The van der Waals surface area contributed by atoms with Gasteiger partial charge >= 0.3 is 5.97 Å². The van der Waals surface area contributed by atoms with E-state index in [-0.39, 0.29) is 5.97 Å². The minimum atomic E-state index is -0.323. The molecular formula is C16H13BrO2. The highest BCUT2D eigenvalue weighted by Crippen LogP contribution is 2.16. The van der Waals surface area contributed by atoms with Crippen LogP contribution in [0.4, 0.5) is 0 Å². The van der Waals surface area contributed by atoms with Crippen molar-refractivity contribution in [3.8, 4) is 0 Å². The summed E-state index contributed by atoms with van der Waals surface area (Å²) >= 11 is 3.40. The van der Waals surface area contributed by atoms with E-state index in [2.05, 4.69) is 15.9 Å². The van der Waals surface area contributed by atoms with Gasteiger partial charge in [-0.15, -0.1) is 0 Å². The number of hydrogen-bond acceptors (Lipinski definition) is 2. The van der Waals surface area contributed by atoms with Crippen LogP contribution in [0.1, 0.15) is 21.5 Å². The lowest BCUT2D eigenvalue weighted by molar-refractivity contribution is 0.0600. The fraction of sp³-hybridized carbons (Fsp3) is 0.0625. The largest absolute Gasteiger partial charge is 0.465 e. The molecule has 2 rings (SSSR count). The molecule has 0 amide bonds. The molecule has 2 nitrogen and oxygen atoms in total. The third kappa shape index (κ3) is 3.55. The molecule has 0 saturated carbocycles. The first-order valence-corrected chi connectivity index (χ1v) is 6.61. The Morgan fingerprint density at radius 1 is 1.05 bits per heavy atom. The Kier molecular flexibility index (Phi) is 4.53. The van der Waals surface area contributed by atoms with Crippen molar-refractivity contribution >= 4 is 34.1 Å². The van der Waals surface area contributed by atoms with Gasteiger partial charge in [0.25, 0.3) is 0 Å². The molecule has 2 aromatic rings. The van der Waals surface area contributed by atoms with Crippen LogP contribution in [0.15, 0.2) is 53.0 Å². The number of benzene rings is 2. The molecule has 0 N–H and O–H groups in total. The van der Waals surface area contributed by atoms with Gasteiger partial charge in [0.05, 0.1) is 12.7 Å². The summed E-state index contributed by atoms with van der Waals surface area (Å²) in [5.41, 5.74) is 2.48. The first-order chi connectivity index (χ1) is 9.20. The summed E-state index contributed by atoms with van der Waals surface area (Å²) in [6, 6.07) is 15.3. The minimum Gasteiger partial charge on any atom is -0.465 e. The van der Waals surface area contributed by atoms with Gasteiger partial charge in [-0.25, -0.2) is 4.79 Å². The summed E-state index contributed by atoms with van der Waals surface area (Å²) in [7, 11) is 1.39. The Hall–Kier alpha value is -1.87. The maximum Gasteiger partial charge on any atom is 0.338 e. The highest BCUT2D eigenvalue weighted by molar-refractivity contribution is 9.10. The molecule has 96 valence electrons. The van der Waals surface area contributed by atoms with Gasteiger partial charge in [0.2, 0.25) is 0 Å². The van der Waals surface area contributed by atoms with E-state index < -0.39 is 0 Å². The van der Waals surface area contributed by atoms with E-state index in [1.165, 1.54) is 7.11 Å². The fourth-order valence-electron chi connectivity index (χ4n) is 1.70. The number of halogens is 1. The van der Waals surface area contributed by atoms with Crippen molar-refractivity contribution in [1.29, 1.82) is 0 Å². The normalized spacial score (nSPS) is 10.6. The molecule has 2 aromatic carbocycles. The van der Waals surface area contributed by atoms with Crippen molar-refractivity contribution in [2.24, 2.45) is 0 Å². The second kappa shape index (κ2) is 6.34. The van der Waals surface area contributed by atoms with Gasteiger partial charge in [-0.1, -0.05) is 58.4 Å². The van der Waals surface area contributed by atoms with Crippen molar-refractivity contribution in [1.82, 2.24) is 0 Å². The molecular weight excluding hydrogens is 304 g/mol. The smallest absolute Gasteiger partial charge is 0.338 e. The minimum absolute atomic E-state index is 0.323.